The number of alkyl halides is 1. The maximum absolute atomic E-state index is 12.1. The summed E-state index contributed by atoms with van der Waals surface area (Å²) in [6.45, 7) is 3.74. The van der Waals surface area contributed by atoms with Crippen LogP contribution >= 0.6 is 22.9 Å². The Morgan fingerprint density at radius 1 is 1.47 bits per heavy atom. The van der Waals surface area contributed by atoms with Crippen LogP contribution in [0.15, 0.2) is 17.5 Å². The highest BCUT2D eigenvalue weighted by atomic mass is 35.5. The highest BCUT2D eigenvalue weighted by Crippen LogP contribution is 2.26. The Labute approximate surface area is 112 Å². The first-order valence-corrected chi connectivity index (χ1v) is 8.46. The normalized spacial score (nSPS) is 16.1. The second kappa shape index (κ2) is 6.18. The third-order valence-corrected chi connectivity index (χ3v) is 6.45. The van der Waals surface area contributed by atoms with E-state index in [2.05, 4.69) is 0 Å². The molecule has 1 heterocycles. The van der Waals surface area contributed by atoms with Gasteiger partial charge in [0.05, 0.1) is 11.8 Å². The van der Waals surface area contributed by atoms with E-state index in [9.17, 15) is 8.42 Å². The summed E-state index contributed by atoms with van der Waals surface area (Å²) in [6, 6.07) is 3.76. The van der Waals surface area contributed by atoms with E-state index in [1.807, 2.05) is 31.4 Å². The van der Waals surface area contributed by atoms with Gasteiger partial charge in [0, 0.05) is 17.8 Å². The van der Waals surface area contributed by atoms with Crippen LogP contribution in [0.1, 0.15) is 24.8 Å². The Morgan fingerprint density at radius 2 is 2.12 bits per heavy atom. The summed E-state index contributed by atoms with van der Waals surface area (Å²) in [5.74, 6) is 0.433. The van der Waals surface area contributed by atoms with E-state index in [1.54, 1.807) is 18.4 Å². The van der Waals surface area contributed by atoms with E-state index in [-0.39, 0.29) is 17.7 Å². The first-order chi connectivity index (χ1) is 7.88. The van der Waals surface area contributed by atoms with Crippen molar-refractivity contribution in [3.05, 3.63) is 22.4 Å². The number of hydrogen-bond acceptors (Lipinski definition) is 3. The number of nitrogens with zero attached hydrogens (tertiary/aromatic N) is 1. The van der Waals surface area contributed by atoms with Crippen molar-refractivity contribution in [1.29, 1.82) is 0 Å². The fraction of sp³-hybridized carbons (Fsp3) is 0.636. The minimum atomic E-state index is -3.24. The van der Waals surface area contributed by atoms with Crippen molar-refractivity contribution in [2.24, 2.45) is 5.92 Å². The molecule has 2 unspecified atom stereocenters. The first-order valence-electron chi connectivity index (χ1n) is 5.43. The van der Waals surface area contributed by atoms with Gasteiger partial charge in [-0.05, 0) is 24.3 Å². The van der Waals surface area contributed by atoms with E-state index in [1.165, 1.54) is 4.31 Å². The molecule has 0 aliphatic heterocycles. The molecule has 0 spiro atoms. The summed E-state index contributed by atoms with van der Waals surface area (Å²) in [5.41, 5.74) is 0. The van der Waals surface area contributed by atoms with Crippen LogP contribution in [-0.2, 0) is 10.0 Å². The lowest BCUT2D eigenvalue weighted by atomic mass is 10.3. The van der Waals surface area contributed by atoms with Gasteiger partial charge in [-0.25, -0.2) is 8.42 Å². The standard InChI is InChI=1S/C11H18ClNO2S2/c1-9(7-12)8-17(14,15)13(3)10(2)11-5-4-6-16-11/h4-6,9-10H,7-8H2,1-3H3. The zero-order valence-corrected chi connectivity index (χ0v) is 12.6. The van der Waals surface area contributed by atoms with E-state index < -0.39 is 10.0 Å². The van der Waals surface area contributed by atoms with Crippen molar-refractivity contribution in [1.82, 2.24) is 4.31 Å². The van der Waals surface area contributed by atoms with E-state index in [0.29, 0.717) is 5.88 Å². The molecule has 0 N–H and O–H groups in total. The maximum atomic E-state index is 12.1. The average Bonchev–Trinajstić information content (AvgIpc) is 2.79. The fourth-order valence-corrected chi connectivity index (χ4v) is 4.27. The van der Waals surface area contributed by atoms with E-state index >= 15 is 0 Å². The molecule has 0 fully saturated rings. The average molecular weight is 296 g/mol. The summed E-state index contributed by atoms with van der Waals surface area (Å²) in [6.07, 6.45) is 0. The first kappa shape index (κ1) is 15.0. The van der Waals surface area contributed by atoms with Gasteiger partial charge in [0.1, 0.15) is 0 Å². The van der Waals surface area contributed by atoms with Crippen LogP contribution in [0.2, 0.25) is 0 Å². The molecule has 0 bridgehead atoms. The number of halogens is 1. The Bertz CT molecular complexity index is 430. The molecule has 1 aromatic heterocycles. The monoisotopic (exact) mass is 295 g/mol. The van der Waals surface area contributed by atoms with Crippen molar-refractivity contribution in [3.63, 3.8) is 0 Å². The van der Waals surface area contributed by atoms with Crippen LogP contribution < -0.4 is 0 Å². The molecule has 0 saturated heterocycles. The molecule has 0 radical (unpaired) electrons. The topological polar surface area (TPSA) is 37.4 Å². The second-order valence-electron chi connectivity index (χ2n) is 4.25. The highest BCUT2D eigenvalue weighted by Gasteiger charge is 2.26. The fourth-order valence-electron chi connectivity index (χ4n) is 1.47. The molecule has 0 amide bonds. The van der Waals surface area contributed by atoms with Crippen LogP contribution in [0, 0.1) is 5.92 Å². The molecule has 1 rings (SSSR count). The zero-order chi connectivity index (χ0) is 13.1. The molecule has 0 aliphatic rings. The lowest BCUT2D eigenvalue weighted by molar-refractivity contribution is 0.399. The van der Waals surface area contributed by atoms with E-state index in [0.717, 1.165) is 4.88 Å². The summed E-state index contributed by atoms with van der Waals surface area (Å²) in [7, 11) is -1.62. The molecule has 0 saturated carbocycles. The molecule has 98 valence electrons. The molecule has 17 heavy (non-hydrogen) atoms. The Hall–Kier alpha value is -0.100. The van der Waals surface area contributed by atoms with Gasteiger partial charge in [-0.2, -0.15) is 4.31 Å². The van der Waals surface area contributed by atoms with Crippen LogP contribution in [0.5, 0.6) is 0 Å². The van der Waals surface area contributed by atoms with Crippen molar-refractivity contribution < 1.29 is 8.42 Å². The van der Waals surface area contributed by atoms with Gasteiger partial charge in [-0.3, -0.25) is 0 Å². The van der Waals surface area contributed by atoms with Crippen LogP contribution in [0.25, 0.3) is 0 Å². The predicted molar refractivity (Wildman–Crippen MR) is 74.2 cm³/mol. The molecule has 0 aromatic carbocycles. The molecular weight excluding hydrogens is 278 g/mol. The summed E-state index contributed by atoms with van der Waals surface area (Å²) in [5, 5.41) is 1.95. The predicted octanol–water partition coefficient (Wildman–Crippen LogP) is 2.95. The van der Waals surface area contributed by atoms with Gasteiger partial charge in [-0.1, -0.05) is 13.0 Å². The molecule has 3 nitrogen and oxygen atoms in total. The lowest BCUT2D eigenvalue weighted by Gasteiger charge is -2.24. The second-order valence-corrected chi connectivity index (χ2v) is 7.61. The van der Waals surface area contributed by atoms with E-state index in [4.69, 9.17) is 11.6 Å². The molecule has 0 aliphatic carbocycles. The molecule has 1 aromatic rings. The molecule has 6 heteroatoms. The summed E-state index contributed by atoms with van der Waals surface area (Å²) < 4.78 is 25.6. The van der Waals surface area contributed by atoms with Crippen molar-refractivity contribution in [2.45, 2.75) is 19.9 Å². The Morgan fingerprint density at radius 3 is 2.59 bits per heavy atom. The van der Waals surface area contributed by atoms with Crippen molar-refractivity contribution >= 4 is 33.0 Å². The highest BCUT2D eigenvalue weighted by molar-refractivity contribution is 7.89. The van der Waals surface area contributed by atoms with Gasteiger partial charge in [0.2, 0.25) is 10.0 Å². The maximum Gasteiger partial charge on any atom is 0.214 e. The number of rotatable bonds is 6. The quantitative estimate of drug-likeness (QED) is 0.757. The number of sulfonamides is 1. The van der Waals surface area contributed by atoms with Crippen LogP contribution in [0.3, 0.4) is 0 Å². The number of hydrogen-bond donors (Lipinski definition) is 0. The summed E-state index contributed by atoms with van der Waals surface area (Å²) >= 11 is 7.23. The largest absolute Gasteiger partial charge is 0.214 e. The SMILES string of the molecule is CC(CCl)CS(=O)(=O)N(C)C(C)c1cccs1. The lowest BCUT2D eigenvalue weighted by Crippen LogP contribution is -2.33. The van der Waals surface area contributed by atoms with Crippen molar-refractivity contribution in [3.8, 4) is 0 Å². The summed E-state index contributed by atoms with van der Waals surface area (Å²) in [4.78, 5) is 1.05. The van der Waals surface area contributed by atoms with Gasteiger partial charge in [0.25, 0.3) is 0 Å². The van der Waals surface area contributed by atoms with Gasteiger partial charge in [0.15, 0.2) is 0 Å². The zero-order valence-electron chi connectivity index (χ0n) is 10.3. The van der Waals surface area contributed by atoms with Gasteiger partial charge >= 0.3 is 0 Å². The minimum Gasteiger partial charge on any atom is -0.212 e. The Kier molecular flexibility index (Phi) is 5.44. The number of thiophene rings is 1. The third kappa shape index (κ3) is 3.95. The van der Waals surface area contributed by atoms with Crippen molar-refractivity contribution in [2.75, 3.05) is 18.7 Å². The van der Waals surface area contributed by atoms with Crippen LogP contribution in [0.4, 0.5) is 0 Å². The molecule has 2 atom stereocenters. The van der Waals surface area contributed by atoms with Gasteiger partial charge < -0.3 is 0 Å². The van der Waals surface area contributed by atoms with Gasteiger partial charge in [-0.15, -0.1) is 22.9 Å². The Balaban J connectivity index is 2.78. The third-order valence-electron chi connectivity index (χ3n) is 2.70. The van der Waals surface area contributed by atoms with Crippen LogP contribution in [-0.4, -0.2) is 31.4 Å². The molecular formula is C11H18ClNO2S2. The smallest absolute Gasteiger partial charge is 0.212 e. The minimum absolute atomic E-state index is 0.0281.